The molecule has 1 aromatic heterocycles. The Morgan fingerprint density at radius 1 is 1.05 bits per heavy atom. The van der Waals surface area contributed by atoms with Crippen LogP contribution in [0.4, 0.5) is 0 Å². The Morgan fingerprint density at radius 3 is 2.41 bits per heavy atom. The topological polar surface area (TPSA) is 168 Å². The molecule has 2 aliphatic heterocycles. The molecule has 0 spiro atoms. The number of carbonyl (C=O) groups excluding carboxylic acids is 3. The van der Waals surface area contributed by atoms with Gasteiger partial charge in [0.15, 0.2) is 0 Å². The standard InChI is InChI=1S/C26H24N4O8S/c1-26(2)19(24(35)36)30-22(34)18(23(30)39-26)28-20(32)17(13-8-4-3-5-9-13)27-16(31)12-29-21(33)14-10-6-7-11-15(14)38-25(29)37/h3-11,17-19,23H,12H2,1-2H3,(H,27,31)(H,28,32)(H,35,36). The van der Waals surface area contributed by atoms with Gasteiger partial charge in [0.25, 0.3) is 5.56 Å². The SMILES string of the molecule is CC1(C)SC2C(NC(=O)C(NC(=O)Cn3c(=O)oc4ccccc4c3=O)c3ccccc3)C(=O)N2C1C(=O)O. The Bertz CT molecular complexity index is 1620. The fourth-order valence-corrected chi connectivity index (χ4v) is 6.55. The highest BCUT2D eigenvalue weighted by molar-refractivity contribution is 8.01. The van der Waals surface area contributed by atoms with Gasteiger partial charge in [0, 0.05) is 4.75 Å². The Hall–Kier alpha value is -4.39. The normalized spacial score (nSPS) is 22.1. The van der Waals surface area contributed by atoms with Crippen LogP contribution in [0.3, 0.4) is 0 Å². The minimum atomic E-state index is -1.27. The van der Waals surface area contributed by atoms with Crippen LogP contribution >= 0.6 is 11.8 Å². The minimum absolute atomic E-state index is 0.0861. The van der Waals surface area contributed by atoms with E-state index in [1.54, 1.807) is 56.3 Å². The van der Waals surface area contributed by atoms with E-state index in [0.717, 1.165) is 0 Å². The average Bonchev–Trinajstić information content (AvgIpc) is 3.16. The molecule has 2 aromatic carbocycles. The summed E-state index contributed by atoms with van der Waals surface area (Å²) in [5.74, 6) is -4.20. The third kappa shape index (κ3) is 4.58. The Morgan fingerprint density at radius 2 is 1.72 bits per heavy atom. The van der Waals surface area contributed by atoms with Crippen molar-refractivity contribution in [3.05, 3.63) is 81.1 Å². The number of rotatable bonds is 7. The third-order valence-electron chi connectivity index (χ3n) is 6.76. The van der Waals surface area contributed by atoms with Crippen molar-refractivity contribution in [1.82, 2.24) is 20.1 Å². The number of β-lactam (4-membered cyclic amide) rings is 1. The van der Waals surface area contributed by atoms with Crippen molar-refractivity contribution in [2.24, 2.45) is 0 Å². The van der Waals surface area contributed by atoms with Gasteiger partial charge < -0.3 is 25.1 Å². The third-order valence-corrected chi connectivity index (χ3v) is 8.33. The molecule has 202 valence electrons. The molecule has 3 N–H and O–H groups in total. The Labute approximate surface area is 225 Å². The number of fused-ring (bicyclic) bond motifs is 2. The average molecular weight is 553 g/mol. The first-order valence-corrected chi connectivity index (χ1v) is 12.9. The maximum absolute atomic E-state index is 13.4. The van der Waals surface area contributed by atoms with Crippen molar-refractivity contribution >= 4 is 46.4 Å². The maximum Gasteiger partial charge on any atom is 0.422 e. The van der Waals surface area contributed by atoms with Crippen LogP contribution in [0.5, 0.6) is 0 Å². The molecular weight excluding hydrogens is 528 g/mol. The molecule has 2 fully saturated rings. The number of aliphatic carboxylic acids is 1. The molecule has 2 aliphatic rings. The van der Waals surface area contributed by atoms with Crippen molar-refractivity contribution < 1.29 is 28.7 Å². The molecule has 39 heavy (non-hydrogen) atoms. The van der Waals surface area contributed by atoms with Crippen LogP contribution in [0.1, 0.15) is 25.5 Å². The van der Waals surface area contributed by atoms with Crippen LogP contribution in [0.15, 0.2) is 68.6 Å². The summed E-state index contributed by atoms with van der Waals surface area (Å²) < 4.78 is 5.00. The van der Waals surface area contributed by atoms with Crippen molar-refractivity contribution in [1.29, 1.82) is 0 Å². The van der Waals surface area contributed by atoms with Gasteiger partial charge in [-0.2, -0.15) is 0 Å². The van der Waals surface area contributed by atoms with Gasteiger partial charge in [-0.15, -0.1) is 11.8 Å². The van der Waals surface area contributed by atoms with E-state index in [0.29, 0.717) is 10.1 Å². The number of amides is 3. The lowest BCUT2D eigenvalue weighted by molar-refractivity contribution is -0.161. The highest BCUT2D eigenvalue weighted by atomic mass is 32.2. The number of para-hydroxylation sites is 1. The van der Waals surface area contributed by atoms with Crippen molar-refractivity contribution in [3.8, 4) is 0 Å². The summed E-state index contributed by atoms with van der Waals surface area (Å²) in [7, 11) is 0. The summed E-state index contributed by atoms with van der Waals surface area (Å²) in [6, 6.07) is 11.1. The maximum atomic E-state index is 13.4. The summed E-state index contributed by atoms with van der Waals surface area (Å²) in [5, 5.41) is 14.3. The number of carboxylic acid groups (broad SMARTS) is 1. The van der Waals surface area contributed by atoms with E-state index in [9.17, 15) is 33.9 Å². The number of benzene rings is 2. The Balaban J connectivity index is 1.36. The second-order valence-corrected chi connectivity index (χ2v) is 11.5. The molecule has 3 amide bonds. The molecule has 3 heterocycles. The number of aromatic nitrogens is 1. The first kappa shape index (κ1) is 26.2. The molecule has 12 nitrogen and oxygen atoms in total. The number of hydrogen-bond acceptors (Lipinski definition) is 8. The molecule has 5 rings (SSSR count). The van der Waals surface area contributed by atoms with Crippen molar-refractivity contribution in [3.63, 3.8) is 0 Å². The molecule has 0 aliphatic carbocycles. The van der Waals surface area contributed by atoms with E-state index < -0.39 is 69.8 Å². The monoisotopic (exact) mass is 552 g/mol. The molecule has 0 saturated carbocycles. The lowest BCUT2D eigenvalue weighted by atomic mass is 9.95. The highest BCUT2D eigenvalue weighted by Crippen LogP contribution is 2.50. The molecular formula is C26H24N4O8S. The summed E-state index contributed by atoms with van der Waals surface area (Å²) in [6.07, 6.45) is 0. The summed E-state index contributed by atoms with van der Waals surface area (Å²) >= 11 is 1.27. The van der Waals surface area contributed by atoms with Crippen LogP contribution < -0.4 is 21.9 Å². The molecule has 4 atom stereocenters. The van der Waals surface area contributed by atoms with Crippen LogP contribution in [0, 0.1) is 0 Å². The molecule has 4 unspecified atom stereocenters. The van der Waals surface area contributed by atoms with Crippen molar-refractivity contribution in [2.45, 2.75) is 48.6 Å². The summed E-state index contributed by atoms with van der Waals surface area (Å²) in [4.78, 5) is 77.4. The number of nitrogens with one attached hydrogen (secondary N) is 2. The first-order chi connectivity index (χ1) is 18.5. The number of carboxylic acids is 1. The van der Waals surface area contributed by atoms with Crippen molar-refractivity contribution in [2.75, 3.05) is 0 Å². The summed E-state index contributed by atoms with van der Waals surface area (Å²) in [6.45, 7) is 2.74. The summed E-state index contributed by atoms with van der Waals surface area (Å²) in [5.41, 5.74) is -0.234. The quantitative estimate of drug-likeness (QED) is 0.352. The largest absolute Gasteiger partial charge is 0.480 e. The molecule has 0 bridgehead atoms. The van der Waals surface area contributed by atoms with Crippen LogP contribution in [-0.2, 0) is 25.7 Å². The van der Waals surface area contributed by atoms with E-state index in [2.05, 4.69) is 10.6 Å². The molecule has 3 aromatic rings. The fraction of sp³-hybridized carbons (Fsp3) is 0.308. The predicted molar refractivity (Wildman–Crippen MR) is 140 cm³/mol. The lowest BCUT2D eigenvalue weighted by Crippen LogP contribution is -2.71. The lowest BCUT2D eigenvalue weighted by Gasteiger charge is -2.44. The van der Waals surface area contributed by atoms with Gasteiger partial charge in [-0.05, 0) is 31.5 Å². The zero-order valence-electron chi connectivity index (χ0n) is 20.8. The Kier molecular flexibility index (Phi) is 6.54. The fourth-order valence-electron chi connectivity index (χ4n) is 4.92. The number of nitrogens with zero attached hydrogens (tertiary/aromatic N) is 2. The predicted octanol–water partition coefficient (Wildman–Crippen LogP) is 0.444. The number of carbonyl (C=O) groups is 4. The van der Waals surface area contributed by atoms with Gasteiger partial charge in [0.1, 0.15) is 35.6 Å². The second kappa shape index (κ2) is 9.73. The molecule has 0 radical (unpaired) electrons. The van der Waals surface area contributed by atoms with Gasteiger partial charge >= 0.3 is 11.7 Å². The minimum Gasteiger partial charge on any atom is -0.480 e. The second-order valence-electron chi connectivity index (χ2n) is 9.75. The van der Waals surface area contributed by atoms with Crippen LogP contribution in [-0.4, -0.2) is 60.5 Å². The van der Waals surface area contributed by atoms with Gasteiger partial charge in [-0.3, -0.25) is 19.2 Å². The van der Waals surface area contributed by atoms with E-state index in [1.807, 2.05) is 0 Å². The van der Waals surface area contributed by atoms with Gasteiger partial charge in [-0.1, -0.05) is 42.5 Å². The van der Waals surface area contributed by atoms with Crippen LogP contribution in [0.2, 0.25) is 0 Å². The first-order valence-electron chi connectivity index (χ1n) is 12.0. The van der Waals surface area contributed by atoms with E-state index in [4.69, 9.17) is 4.42 Å². The number of hydrogen-bond donors (Lipinski definition) is 3. The zero-order valence-corrected chi connectivity index (χ0v) is 21.6. The van der Waals surface area contributed by atoms with E-state index in [-0.39, 0.29) is 11.0 Å². The number of thioether (sulfide) groups is 1. The van der Waals surface area contributed by atoms with Gasteiger partial charge in [0.2, 0.25) is 17.7 Å². The smallest absolute Gasteiger partial charge is 0.422 e. The van der Waals surface area contributed by atoms with E-state index in [1.165, 1.54) is 28.8 Å². The molecule has 2 saturated heterocycles. The van der Waals surface area contributed by atoms with Gasteiger partial charge in [-0.25, -0.2) is 14.2 Å². The zero-order chi connectivity index (χ0) is 28.1. The molecule has 13 heteroatoms. The van der Waals surface area contributed by atoms with Crippen LogP contribution in [0.25, 0.3) is 11.0 Å². The van der Waals surface area contributed by atoms with E-state index >= 15 is 0 Å². The van der Waals surface area contributed by atoms with Gasteiger partial charge in [0.05, 0.1) is 5.39 Å². The highest BCUT2D eigenvalue weighted by Gasteiger charge is 2.64.